The van der Waals surface area contributed by atoms with Crippen molar-refractivity contribution < 1.29 is 52.2 Å². The van der Waals surface area contributed by atoms with E-state index in [0.29, 0.717) is 112 Å². The van der Waals surface area contributed by atoms with E-state index in [1.54, 1.807) is 0 Å². The molecule has 0 aromatic heterocycles. The molecule has 11 nitrogen and oxygen atoms in total. The Morgan fingerprint density at radius 3 is 1.05 bits per heavy atom. The molecule has 0 aromatic rings. The van der Waals surface area contributed by atoms with Gasteiger partial charge in [-0.25, -0.2) is 4.79 Å². The molecular weight excluding hydrogens is 512 g/mol. The fourth-order valence-corrected chi connectivity index (χ4v) is 2.88. The summed E-state index contributed by atoms with van der Waals surface area (Å²) in [5, 5.41) is 0. The van der Waals surface area contributed by atoms with E-state index >= 15 is 0 Å². The smallest absolute Gasteiger partial charge is 0.330 e. The summed E-state index contributed by atoms with van der Waals surface area (Å²) in [5.74, 6) is 0.312. The molecule has 0 aliphatic heterocycles. The Morgan fingerprint density at radius 2 is 0.769 bits per heavy atom. The molecule has 232 valence electrons. The van der Waals surface area contributed by atoms with Crippen molar-refractivity contribution in [2.75, 3.05) is 126 Å². The summed E-state index contributed by atoms with van der Waals surface area (Å²) in [6.45, 7) is 17.4. The van der Waals surface area contributed by atoms with E-state index in [2.05, 4.69) is 20.4 Å². The molecule has 0 radical (unpaired) electrons. The third kappa shape index (κ3) is 34.8. The first-order valence-electron chi connectivity index (χ1n) is 14.2. The van der Waals surface area contributed by atoms with Crippen LogP contribution in [-0.4, -0.2) is 132 Å². The van der Waals surface area contributed by atoms with Gasteiger partial charge in [-0.1, -0.05) is 33.3 Å². The SMILES string of the molecule is C=CC(=O)OCCOCCOCCOCCOCCOCCOCCOCCOCCOCCCCC(C)C. The highest BCUT2D eigenvalue weighted by atomic mass is 16.6. The van der Waals surface area contributed by atoms with Crippen LogP contribution in [0.4, 0.5) is 0 Å². The van der Waals surface area contributed by atoms with Crippen molar-refractivity contribution in [3.63, 3.8) is 0 Å². The van der Waals surface area contributed by atoms with Gasteiger partial charge in [0.05, 0.1) is 112 Å². The second kappa shape index (κ2) is 33.1. The molecule has 0 atom stereocenters. The molecule has 0 spiro atoms. The monoisotopic (exact) mass is 566 g/mol. The molecule has 0 bridgehead atoms. The molecule has 0 unspecified atom stereocenters. The lowest BCUT2D eigenvalue weighted by molar-refractivity contribution is -0.139. The van der Waals surface area contributed by atoms with Gasteiger partial charge in [-0.3, -0.25) is 0 Å². The summed E-state index contributed by atoms with van der Waals surface area (Å²) < 4.78 is 53.7. The summed E-state index contributed by atoms with van der Waals surface area (Å²) in [7, 11) is 0. The van der Waals surface area contributed by atoms with Gasteiger partial charge in [-0.15, -0.1) is 0 Å². The maximum atomic E-state index is 10.8. The number of hydrogen-bond donors (Lipinski definition) is 0. The Morgan fingerprint density at radius 1 is 0.487 bits per heavy atom. The molecule has 39 heavy (non-hydrogen) atoms. The Hall–Kier alpha value is -1.15. The third-order valence-electron chi connectivity index (χ3n) is 4.93. The van der Waals surface area contributed by atoms with Gasteiger partial charge in [0.2, 0.25) is 0 Å². The third-order valence-corrected chi connectivity index (χ3v) is 4.93. The summed E-state index contributed by atoms with van der Waals surface area (Å²) in [6.07, 6.45) is 4.72. The standard InChI is InChI=1S/C28H54O11/c1-4-28(29)39-26-25-38-24-23-37-22-21-36-20-19-35-18-17-34-16-15-33-14-13-32-12-11-31-10-9-30-8-6-5-7-27(2)3/h4,27H,1,5-26H2,2-3H3. The topological polar surface area (TPSA) is 109 Å². The van der Waals surface area contributed by atoms with E-state index in [1.165, 1.54) is 12.8 Å². The van der Waals surface area contributed by atoms with E-state index in [4.69, 9.17) is 47.4 Å². The molecule has 0 N–H and O–H groups in total. The number of esters is 1. The average molecular weight is 567 g/mol. The molecule has 0 saturated heterocycles. The summed E-state index contributed by atoms with van der Waals surface area (Å²) in [5.41, 5.74) is 0. The van der Waals surface area contributed by atoms with Gasteiger partial charge in [0, 0.05) is 12.7 Å². The van der Waals surface area contributed by atoms with E-state index in [0.717, 1.165) is 25.0 Å². The van der Waals surface area contributed by atoms with Crippen LogP contribution in [0.2, 0.25) is 0 Å². The van der Waals surface area contributed by atoms with E-state index in [-0.39, 0.29) is 6.61 Å². The molecule has 0 saturated carbocycles. The zero-order valence-corrected chi connectivity index (χ0v) is 24.4. The van der Waals surface area contributed by atoms with E-state index in [9.17, 15) is 4.79 Å². The summed E-state index contributed by atoms with van der Waals surface area (Å²) in [4.78, 5) is 10.8. The predicted molar refractivity (Wildman–Crippen MR) is 147 cm³/mol. The van der Waals surface area contributed by atoms with Gasteiger partial charge in [0.25, 0.3) is 0 Å². The number of carbonyl (C=O) groups excluding carboxylic acids is 1. The van der Waals surface area contributed by atoms with Gasteiger partial charge < -0.3 is 47.4 Å². The van der Waals surface area contributed by atoms with Crippen molar-refractivity contribution in [3.8, 4) is 0 Å². The van der Waals surface area contributed by atoms with Crippen molar-refractivity contribution in [2.24, 2.45) is 5.92 Å². The molecule has 0 rings (SSSR count). The van der Waals surface area contributed by atoms with Crippen LogP contribution in [0.25, 0.3) is 0 Å². The second-order valence-corrected chi connectivity index (χ2v) is 8.77. The molecule has 0 fully saturated rings. The van der Waals surface area contributed by atoms with Crippen LogP contribution < -0.4 is 0 Å². The van der Waals surface area contributed by atoms with E-state index in [1.807, 2.05) is 0 Å². The number of ether oxygens (including phenoxy) is 10. The lowest BCUT2D eigenvalue weighted by atomic mass is 10.1. The molecule has 0 aliphatic carbocycles. The van der Waals surface area contributed by atoms with Crippen LogP contribution in [0, 0.1) is 5.92 Å². The van der Waals surface area contributed by atoms with Crippen LogP contribution in [0.15, 0.2) is 12.7 Å². The van der Waals surface area contributed by atoms with Crippen molar-refractivity contribution in [1.82, 2.24) is 0 Å². The lowest BCUT2D eigenvalue weighted by Crippen LogP contribution is -2.15. The zero-order valence-electron chi connectivity index (χ0n) is 24.4. The fourth-order valence-electron chi connectivity index (χ4n) is 2.88. The number of unbranched alkanes of at least 4 members (excludes halogenated alkanes) is 1. The normalized spacial score (nSPS) is 11.4. The first-order chi connectivity index (χ1) is 19.2. The maximum absolute atomic E-state index is 10.8. The highest BCUT2D eigenvalue weighted by molar-refractivity contribution is 5.81. The number of hydrogen-bond acceptors (Lipinski definition) is 11. The molecule has 0 amide bonds. The van der Waals surface area contributed by atoms with Crippen LogP contribution in [0.3, 0.4) is 0 Å². The van der Waals surface area contributed by atoms with Crippen molar-refractivity contribution in [1.29, 1.82) is 0 Å². The minimum absolute atomic E-state index is 0.204. The molecule has 0 heterocycles. The number of rotatable bonds is 33. The van der Waals surface area contributed by atoms with E-state index < -0.39 is 5.97 Å². The summed E-state index contributed by atoms with van der Waals surface area (Å²) in [6, 6.07) is 0. The first kappa shape index (κ1) is 37.9. The van der Waals surface area contributed by atoms with Crippen LogP contribution in [-0.2, 0) is 52.2 Å². The Kier molecular flexibility index (Phi) is 32.1. The van der Waals surface area contributed by atoms with Gasteiger partial charge in [0.15, 0.2) is 0 Å². The van der Waals surface area contributed by atoms with Crippen LogP contribution in [0.1, 0.15) is 33.1 Å². The van der Waals surface area contributed by atoms with Gasteiger partial charge in [-0.05, 0) is 12.3 Å². The lowest BCUT2D eigenvalue weighted by Gasteiger charge is -2.09. The molecule has 0 aliphatic rings. The molecular formula is C28H54O11. The molecule has 0 aromatic carbocycles. The quantitative estimate of drug-likeness (QED) is 0.0664. The van der Waals surface area contributed by atoms with Gasteiger partial charge in [-0.2, -0.15) is 0 Å². The van der Waals surface area contributed by atoms with Crippen molar-refractivity contribution in [2.45, 2.75) is 33.1 Å². The summed E-state index contributed by atoms with van der Waals surface area (Å²) >= 11 is 0. The fraction of sp³-hybridized carbons (Fsp3) is 0.893. The van der Waals surface area contributed by atoms with Crippen molar-refractivity contribution >= 4 is 5.97 Å². The minimum atomic E-state index is -0.455. The van der Waals surface area contributed by atoms with Crippen molar-refractivity contribution in [3.05, 3.63) is 12.7 Å². The largest absolute Gasteiger partial charge is 0.460 e. The zero-order chi connectivity index (χ0) is 28.5. The van der Waals surface area contributed by atoms with Gasteiger partial charge >= 0.3 is 5.97 Å². The highest BCUT2D eigenvalue weighted by Gasteiger charge is 1.98. The first-order valence-corrected chi connectivity index (χ1v) is 14.2. The van der Waals surface area contributed by atoms with Gasteiger partial charge in [0.1, 0.15) is 6.61 Å². The second-order valence-electron chi connectivity index (χ2n) is 8.77. The average Bonchev–Trinajstić information content (AvgIpc) is 2.93. The highest BCUT2D eigenvalue weighted by Crippen LogP contribution is 2.05. The Bertz CT molecular complexity index is 506. The van der Waals surface area contributed by atoms with Crippen LogP contribution >= 0.6 is 0 Å². The van der Waals surface area contributed by atoms with Crippen LogP contribution in [0.5, 0.6) is 0 Å². The predicted octanol–water partition coefficient (Wildman–Crippen LogP) is 2.69. The minimum Gasteiger partial charge on any atom is -0.460 e. The number of carbonyl (C=O) groups is 1. The Balaban J connectivity index is 3.05. The Labute approximate surface area is 235 Å². The molecule has 11 heteroatoms. The maximum Gasteiger partial charge on any atom is 0.330 e.